The molecule has 0 bridgehead atoms. The van der Waals surface area contributed by atoms with Gasteiger partial charge in [-0.25, -0.2) is 4.98 Å². The van der Waals surface area contributed by atoms with Gasteiger partial charge in [0.2, 0.25) is 0 Å². The molecule has 7 nitrogen and oxygen atoms in total. The SMILES string of the molecule is Cc1cc(C(=O)NC2CCCN(c3ccc(C#N)cn3)C2)n(C)n1. The molecule has 1 fully saturated rings. The molecule has 1 N–H and O–H groups in total. The molecule has 24 heavy (non-hydrogen) atoms. The summed E-state index contributed by atoms with van der Waals surface area (Å²) in [6.45, 7) is 3.48. The average Bonchev–Trinajstić information content (AvgIpc) is 2.94. The van der Waals surface area contributed by atoms with E-state index in [9.17, 15) is 4.79 Å². The van der Waals surface area contributed by atoms with Crippen LogP contribution in [0, 0.1) is 18.3 Å². The van der Waals surface area contributed by atoms with Gasteiger partial charge in [-0.1, -0.05) is 0 Å². The second kappa shape index (κ2) is 6.71. The number of rotatable bonds is 3. The zero-order valence-corrected chi connectivity index (χ0v) is 13.9. The Hall–Kier alpha value is -2.88. The van der Waals surface area contributed by atoms with Crippen LogP contribution >= 0.6 is 0 Å². The van der Waals surface area contributed by atoms with Gasteiger partial charge in [0, 0.05) is 32.4 Å². The average molecular weight is 324 g/mol. The van der Waals surface area contributed by atoms with Crippen molar-refractivity contribution in [3.8, 4) is 6.07 Å². The van der Waals surface area contributed by atoms with E-state index in [1.165, 1.54) is 0 Å². The molecule has 3 heterocycles. The van der Waals surface area contributed by atoms with Crippen LogP contribution in [0.25, 0.3) is 0 Å². The van der Waals surface area contributed by atoms with Crippen LogP contribution < -0.4 is 10.2 Å². The fourth-order valence-corrected chi connectivity index (χ4v) is 3.02. The summed E-state index contributed by atoms with van der Waals surface area (Å²) in [6, 6.07) is 7.55. The summed E-state index contributed by atoms with van der Waals surface area (Å²) in [5.74, 6) is 0.738. The van der Waals surface area contributed by atoms with Crippen LogP contribution in [0.1, 0.15) is 34.6 Å². The number of nitrogens with zero attached hydrogens (tertiary/aromatic N) is 5. The number of aryl methyl sites for hydroxylation is 2. The van der Waals surface area contributed by atoms with Gasteiger partial charge >= 0.3 is 0 Å². The summed E-state index contributed by atoms with van der Waals surface area (Å²) in [6.07, 6.45) is 3.50. The van der Waals surface area contributed by atoms with E-state index in [0.717, 1.165) is 30.9 Å². The third kappa shape index (κ3) is 3.38. The van der Waals surface area contributed by atoms with Gasteiger partial charge in [0.1, 0.15) is 17.6 Å². The van der Waals surface area contributed by atoms with E-state index in [-0.39, 0.29) is 11.9 Å². The van der Waals surface area contributed by atoms with Crippen LogP contribution in [0.15, 0.2) is 24.4 Å². The molecule has 7 heteroatoms. The number of carbonyl (C=O) groups excluding carboxylic acids is 1. The quantitative estimate of drug-likeness (QED) is 0.922. The zero-order chi connectivity index (χ0) is 17.1. The van der Waals surface area contributed by atoms with Crippen molar-refractivity contribution >= 4 is 11.7 Å². The van der Waals surface area contributed by atoms with Gasteiger partial charge < -0.3 is 10.2 Å². The summed E-state index contributed by atoms with van der Waals surface area (Å²) >= 11 is 0. The molecule has 0 aliphatic carbocycles. The van der Waals surface area contributed by atoms with Gasteiger partial charge in [-0.3, -0.25) is 9.48 Å². The van der Waals surface area contributed by atoms with E-state index >= 15 is 0 Å². The summed E-state index contributed by atoms with van der Waals surface area (Å²) < 4.78 is 1.60. The maximum atomic E-state index is 12.4. The van der Waals surface area contributed by atoms with Crippen molar-refractivity contribution in [1.29, 1.82) is 5.26 Å². The molecule has 1 aliphatic rings. The predicted octanol–water partition coefficient (Wildman–Crippen LogP) is 1.39. The Balaban J connectivity index is 1.66. The van der Waals surface area contributed by atoms with Crippen molar-refractivity contribution in [2.45, 2.75) is 25.8 Å². The molecule has 2 aromatic rings. The van der Waals surface area contributed by atoms with Crippen LogP contribution in [-0.2, 0) is 7.05 Å². The second-order valence-corrected chi connectivity index (χ2v) is 6.07. The van der Waals surface area contributed by atoms with Gasteiger partial charge in [0.05, 0.1) is 11.3 Å². The molecule has 2 aromatic heterocycles. The lowest BCUT2D eigenvalue weighted by molar-refractivity contribution is 0.0923. The Bertz CT molecular complexity index is 773. The molecule has 124 valence electrons. The number of pyridine rings is 1. The summed E-state index contributed by atoms with van der Waals surface area (Å²) in [5, 5.41) is 16.2. The number of aromatic nitrogens is 3. The van der Waals surface area contributed by atoms with Crippen molar-refractivity contribution in [3.63, 3.8) is 0 Å². The molecular formula is C17H20N6O. The van der Waals surface area contributed by atoms with Crippen molar-refractivity contribution in [2.75, 3.05) is 18.0 Å². The fourth-order valence-electron chi connectivity index (χ4n) is 3.02. The molecule has 1 unspecified atom stereocenters. The number of amides is 1. The Morgan fingerprint density at radius 2 is 2.29 bits per heavy atom. The normalized spacial score (nSPS) is 17.4. The molecule has 3 rings (SSSR count). The van der Waals surface area contributed by atoms with E-state index in [1.54, 1.807) is 30.1 Å². The van der Waals surface area contributed by atoms with Crippen LogP contribution in [0.4, 0.5) is 5.82 Å². The third-order valence-electron chi connectivity index (χ3n) is 4.19. The van der Waals surface area contributed by atoms with Crippen molar-refractivity contribution in [1.82, 2.24) is 20.1 Å². The lowest BCUT2D eigenvalue weighted by Crippen LogP contribution is -2.48. The number of piperidine rings is 1. The van der Waals surface area contributed by atoms with Gasteiger partial charge in [-0.2, -0.15) is 10.4 Å². The summed E-state index contributed by atoms with van der Waals surface area (Å²) in [4.78, 5) is 18.9. The smallest absolute Gasteiger partial charge is 0.269 e. The number of hydrogen-bond acceptors (Lipinski definition) is 5. The first-order valence-electron chi connectivity index (χ1n) is 7.99. The van der Waals surface area contributed by atoms with Gasteiger partial charge in [-0.05, 0) is 38.0 Å². The number of nitriles is 1. The fraction of sp³-hybridized carbons (Fsp3) is 0.412. The number of carbonyl (C=O) groups is 1. The van der Waals surface area contributed by atoms with E-state index in [2.05, 4.69) is 26.4 Å². The zero-order valence-electron chi connectivity index (χ0n) is 13.9. The highest BCUT2D eigenvalue weighted by molar-refractivity contribution is 5.92. The lowest BCUT2D eigenvalue weighted by atomic mass is 10.1. The predicted molar refractivity (Wildman–Crippen MR) is 89.6 cm³/mol. The summed E-state index contributed by atoms with van der Waals surface area (Å²) in [5.41, 5.74) is 1.95. The van der Waals surface area contributed by atoms with E-state index in [4.69, 9.17) is 5.26 Å². The number of anilines is 1. The highest BCUT2D eigenvalue weighted by Crippen LogP contribution is 2.18. The maximum Gasteiger partial charge on any atom is 0.269 e. The van der Waals surface area contributed by atoms with Crippen LogP contribution in [0.5, 0.6) is 0 Å². The van der Waals surface area contributed by atoms with Crippen LogP contribution in [0.2, 0.25) is 0 Å². The van der Waals surface area contributed by atoms with Gasteiger partial charge in [0.15, 0.2) is 0 Å². The Morgan fingerprint density at radius 1 is 1.46 bits per heavy atom. The molecule has 0 spiro atoms. The third-order valence-corrected chi connectivity index (χ3v) is 4.19. The van der Waals surface area contributed by atoms with E-state index in [1.807, 2.05) is 13.0 Å². The number of hydrogen-bond donors (Lipinski definition) is 1. The first-order chi connectivity index (χ1) is 11.6. The Labute approximate surface area is 140 Å². The minimum atomic E-state index is -0.0993. The minimum absolute atomic E-state index is 0.0684. The standard InChI is InChI=1S/C17H20N6O/c1-12-8-15(22(2)21-12)17(24)20-14-4-3-7-23(11-14)16-6-5-13(9-18)10-19-16/h5-6,8,10,14H,3-4,7,11H2,1-2H3,(H,20,24). The maximum absolute atomic E-state index is 12.4. The largest absolute Gasteiger partial charge is 0.355 e. The molecular weight excluding hydrogens is 304 g/mol. The first kappa shape index (κ1) is 16.0. The van der Waals surface area contributed by atoms with Crippen molar-refractivity contribution < 1.29 is 4.79 Å². The molecule has 1 saturated heterocycles. The molecule has 1 aliphatic heterocycles. The van der Waals surface area contributed by atoms with E-state index < -0.39 is 0 Å². The van der Waals surface area contributed by atoms with Crippen molar-refractivity contribution in [3.05, 3.63) is 41.3 Å². The molecule has 1 amide bonds. The summed E-state index contributed by atoms with van der Waals surface area (Å²) in [7, 11) is 1.77. The van der Waals surface area contributed by atoms with E-state index in [0.29, 0.717) is 17.8 Å². The Morgan fingerprint density at radius 3 is 2.92 bits per heavy atom. The Kier molecular flexibility index (Phi) is 4.47. The molecule has 0 aromatic carbocycles. The topological polar surface area (TPSA) is 86.8 Å². The van der Waals surface area contributed by atoms with Gasteiger partial charge in [-0.15, -0.1) is 0 Å². The first-order valence-corrected chi connectivity index (χ1v) is 7.99. The monoisotopic (exact) mass is 324 g/mol. The lowest BCUT2D eigenvalue weighted by Gasteiger charge is -2.33. The molecule has 0 saturated carbocycles. The molecule has 1 atom stereocenters. The van der Waals surface area contributed by atoms with Gasteiger partial charge in [0.25, 0.3) is 5.91 Å². The van der Waals surface area contributed by atoms with Crippen LogP contribution in [-0.4, -0.2) is 39.8 Å². The number of nitrogens with one attached hydrogen (secondary N) is 1. The van der Waals surface area contributed by atoms with Crippen molar-refractivity contribution in [2.24, 2.45) is 7.05 Å². The van der Waals surface area contributed by atoms with Crippen LogP contribution in [0.3, 0.4) is 0 Å². The highest BCUT2D eigenvalue weighted by atomic mass is 16.2. The second-order valence-electron chi connectivity index (χ2n) is 6.07. The molecule has 0 radical (unpaired) electrons. The minimum Gasteiger partial charge on any atom is -0.355 e. The highest BCUT2D eigenvalue weighted by Gasteiger charge is 2.23.